The van der Waals surface area contributed by atoms with Gasteiger partial charge in [-0.1, -0.05) is 0 Å². The molecule has 1 aromatic carbocycles. The van der Waals surface area contributed by atoms with Crippen LogP contribution in [0.25, 0.3) is 10.6 Å². The smallest absolute Gasteiger partial charge is 0.305 e. The first-order valence-corrected chi connectivity index (χ1v) is 7.18. The van der Waals surface area contributed by atoms with E-state index in [2.05, 4.69) is 4.98 Å². The van der Waals surface area contributed by atoms with Gasteiger partial charge in [-0.3, -0.25) is 10.1 Å². The third-order valence-electron chi connectivity index (χ3n) is 3.47. The van der Waals surface area contributed by atoms with E-state index in [0.29, 0.717) is 6.42 Å². The van der Waals surface area contributed by atoms with E-state index < -0.39 is 27.8 Å². The van der Waals surface area contributed by atoms with Crippen molar-refractivity contribution in [3.8, 4) is 10.6 Å². The summed E-state index contributed by atoms with van der Waals surface area (Å²) in [7, 11) is 0. The number of aryl methyl sites for hydroxylation is 1. The molecule has 1 aromatic heterocycles. The van der Waals surface area contributed by atoms with Gasteiger partial charge in [0.1, 0.15) is 10.8 Å². The van der Waals surface area contributed by atoms with Gasteiger partial charge in [-0.05, 0) is 25.3 Å². The van der Waals surface area contributed by atoms with E-state index in [1.165, 1.54) is 0 Å². The lowest BCUT2D eigenvalue weighted by molar-refractivity contribution is -0.387. The topological polar surface area (TPSA) is 82.0 Å². The van der Waals surface area contributed by atoms with E-state index in [9.17, 15) is 18.9 Å². The van der Waals surface area contributed by atoms with Crippen LogP contribution in [0.15, 0.2) is 12.1 Å². The normalized spacial score (nSPS) is 17.6. The number of hydrogen-bond donors (Lipinski definition) is 1. The summed E-state index contributed by atoms with van der Waals surface area (Å²) >= 11 is 1.11. The van der Waals surface area contributed by atoms with Crippen molar-refractivity contribution in [3.63, 3.8) is 0 Å². The number of nitro benzene ring substituents is 1. The summed E-state index contributed by atoms with van der Waals surface area (Å²) in [5, 5.41) is 10.9. The Morgan fingerprint density at radius 1 is 1.43 bits per heavy atom. The fourth-order valence-corrected chi connectivity index (χ4v) is 3.63. The second-order valence-corrected chi connectivity index (χ2v) is 5.87. The van der Waals surface area contributed by atoms with Crippen LogP contribution in [-0.4, -0.2) is 9.91 Å². The highest BCUT2D eigenvalue weighted by Crippen LogP contribution is 2.39. The molecule has 8 heteroatoms. The molecule has 110 valence electrons. The molecular weight excluding hydrogens is 300 g/mol. The van der Waals surface area contributed by atoms with Gasteiger partial charge >= 0.3 is 5.69 Å². The summed E-state index contributed by atoms with van der Waals surface area (Å²) in [6.07, 6.45) is 2.38. The largest absolute Gasteiger partial charge is 0.323 e. The van der Waals surface area contributed by atoms with Gasteiger partial charge < -0.3 is 5.73 Å². The first kappa shape index (κ1) is 14.0. The molecule has 0 bridgehead atoms. The van der Waals surface area contributed by atoms with E-state index in [4.69, 9.17) is 5.73 Å². The summed E-state index contributed by atoms with van der Waals surface area (Å²) < 4.78 is 28.1. The number of benzene rings is 1. The summed E-state index contributed by atoms with van der Waals surface area (Å²) in [5.41, 5.74) is 5.49. The molecule has 1 heterocycles. The minimum atomic E-state index is -1.19. The number of nitrogens with two attached hydrogens (primary N) is 1. The molecule has 1 unspecified atom stereocenters. The number of rotatable bonds is 2. The molecular formula is C13H11F2N3O2S. The quantitative estimate of drug-likeness (QED) is 0.681. The lowest BCUT2D eigenvalue weighted by atomic mass is 9.99. The molecule has 0 radical (unpaired) electrons. The molecule has 0 saturated carbocycles. The Morgan fingerprint density at radius 3 is 2.86 bits per heavy atom. The van der Waals surface area contributed by atoms with Gasteiger partial charge in [0.15, 0.2) is 0 Å². The number of fused-ring (bicyclic) bond motifs is 1. The van der Waals surface area contributed by atoms with Crippen LogP contribution in [-0.2, 0) is 6.42 Å². The fourth-order valence-electron chi connectivity index (χ4n) is 2.44. The van der Waals surface area contributed by atoms with Crippen molar-refractivity contribution in [3.05, 3.63) is 44.5 Å². The Labute approximate surface area is 122 Å². The highest BCUT2D eigenvalue weighted by atomic mass is 32.1. The monoisotopic (exact) mass is 311 g/mol. The minimum absolute atomic E-state index is 0.107. The van der Waals surface area contributed by atoms with Gasteiger partial charge in [0.05, 0.1) is 16.2 Å². The molecule has 0 aliphatic heterocycles. The van der Waals surface area contributed by atoms with Crippen molar-refractivity contribution in [2.24, 2.45) is 5.73 Å². The zero-order valence-corrected chi connectivity index (χ0v) is 11.6. The molecule has 1 aliphatic carbocycles. The molecule has 5 nitrogen and oxygen atoms in total. The summed E-state index contributed by atoms with van der Waals surface area (Å²) in [4.78, 5) is 14.9. The molecule has 0 saturated heterocycles. The van der Waals surface area contributed by atoms with E-state index in [-0.39, 0.29) is 11.0 Å². The lowest BCUT2D eigenvalue weighted by Crippen LogP contribution is -2.15. The molecule has 1 aliphatic rings. The van der Waals surface area contributed by atoms with Crippen molar-refractivity contribution < 1.29 is 13.7 Å². The number of thiazole rings is 1. The number of nitro groups is 1. The maximum Gasteiger partial charge on any atom is 0.305 e. The zero-order chi connectivity index (χ0) is 15.1. The molecule has 0 amide bonds. The highest BCUT2D eigenvalue weighted by Gasteiger charge is 2.28. The van der Waals surface area contributed by atoms with Gasteiger partial charge in [-0.15, -0.1) is 11.3 Å². The Kier molecular flexibility index (Phi) is 3.42. The molecule has 0 spiro atoms. The van der Waals surface area contributed by atoms with E-state index in [1.54, 1.807) is 0 Å². The SMILES string of the molecule is NC1CCCc2nc(-c3c(F)ccc([N+](=O)[O-])c3F)sc21. The number of aromatic nitrogens is 1. The van der Waals surface area contributed by atoms with Crippen molar-refractivity contribution in [2.45, 2.75) is 25.3 Å². The number of halogens is 2. The van der Waals surface area contributed by atoms with Crippen molar-refractivity contribution in [1.29, 1.82) is 0 Å². The summed E-state index contributed by atoms with van der Waals surface area (Å²) in [6.45, 7) is 0. The first-order valence-electron chi connectivity index (χ1n) is 6.37. The minimum Gasteiger partial charge on any atom is -0.323 e. The highest BCUT2D eigenvalue weighted by molar-refractivity contribution is 7.15. The van der Waals surface area contributed by atoms with E-state index in [0.717, 1.165) is 46.9 Å². The summed E-state index contributed by atoms with van der Waals surface area (Å²) in [5.74, 6) is -2.06. The Bertz CT molecular complexity index is 732. The van der Waals surface area contributed by atoms with Crippen LogP contribution in [0.1, 0.15) is 29.5 Å². The van der Waals surface area contributed by atoms with Crippen LogP contribution in [0.3, 0.4) is 0 Å². The van der Waals surface area contributed by atoms with Gasteiger partial charge in [0.2, 0.25) is 5.82 Å². The van der Waals surface area contributed by atoms with Gasteiger partial charge in [0, 0.05) is 17.0 Å². The maximum absolute atomic E-state index is 14.2. The van der Waals surface area contributed by atoms with Crippen LogP contribution in [0.4, 0.5) is 14.5 Å². The maximum atomic E-state index is 14.2. The predicted molar refractivity (Wildman–Crippen MR) is 74.0 cm³/mol. The molecule has 1 atom stereocenters. The number of nitrogens with zero attached hydrogens (tertiary/aromatic N) is 2. The first-order chi connectivity index (χ1) is 9.99. The van der Waals surface area contributed by atoms with Gasteiger partial charge in [-0.25, -0.2) is 9.37 Å². The predicted octanol–water partition coefficient (Wildman–Crippen LogP) is 3.33. The molecule has 3 rings (SSSR count). The summed E-state index contributed by atoms with van der Waals surface area (Å²) in [6, 6.07) is 1.51. The molecule has 21 heavy (non-hydrogen) atoms. The van der Waals surface area contributed by atoms with Crippen LogP contribution in [0.5, 0.6) is 0 Å². The lowest BCUT2D eigenvalue weighted by Gasteiger charge is -2.15. The van der Waals surface area contributed by atoms with Crippen molar-refractivity contribution in [1.82, 2.24) is 4.98 Å². The van der Waals surface area contributed by atoms with Crippen LogP contribution in [0.2, 0.25) is 0 Å². The fraction of sp³-hybridized carbons (Fsp3) is 0.308. The molecule has 2 N–H and O–H groups in total. The van der Waals surface area contributed by atoms with Crippen molar-refractivity contribution in [2.75, 3.05) is 0 Å². The van der Waals surface area contributed by atoms with Gasteiger partial charge in [-0.2, -0.15) is 4.39 Å². The molecule has 2 aromatic rings. The third-order valence-corrected chi connectivity index (χ3v) is 4.72. The van der Waals surface area contributed by atoms with E-state index in [1.807, 2.05) is 0 Å². The average Bonchev–Trinajstić information content (AvgIpc) is 2.83. The van der Waals surface area contributed by atoms with Crippen LogP contribution >= 0.6 is 11.3 Å². The Balaban J connectivity index is 2.17. The zero-order valence-electron chi connectivity index (χ0n) is 10.8. The van der Waals surface area contributed by atoms with Crippen LogP contribution in [0, 0.1) is 21.7 Å². The van der Waals surface area contributed by atoms with Gasteiger partial charge in [0.25, 0.3) is 0 Å². The second-order valence-electron chi connectivity index (χ2n) is 4.84. The van der Waals surface area contributed by atoms with Crippen molar-refractivity contribution >= 4 is 17.0 Å². The molecule has 0 fully saturated rings. The number of hydrogen-bond acceptors (Lipinski definition) is 5. The Morgan fingerprint density at radius 2 is 2.19 bits per heavy atom. The third kappa shape index (κ3) is 2.30. The van der Waals surface area contributed by atoms with Crippen LogP contribution < -0.4 is 5.73 Å². The van der Waals surface area contributed by atoms with E-state index >= 15 is 0 Å². The standard InChI is InChI=1S/C13H11F2N3O2S/c14-6-4-5-9(18(19)20)11(15)10(6)13-17-8-3-1-2-7(16)12(8)21-13/h4-5,7H,1-3,16H2. The Hall–Kier alpha value is -1.93. The average molecular weight is 311 g/mol. The second kappa shape index (κ2) is 5.12.